The van der Waals surface area contributed by atoms with E-state index in [1.807, 2.05) is 6.07 Å². The van der Waals surface area contributed by atoms with E-state index in [0.717, 1.165) is 11.1 Å². The molecule has 0 unspecified atom stereocenters. The molecule has 3 rings (SSSR count). The zero-order valence-corrected chi connectivity index (χ0v) is 8.84. The fourth-order valence-corrected chi connectivity index (χ4v) is 1.75. The molecule has 2 aromatic heterocycles. The molecule has 2 heterocycles. The molecule has 0 aliphatic heterocycles. The molecular formula is C12H9FN4. The Bertz CT molecular complexity index is 690. The first kappa shape index (κ1) is 9.77. The number of rotatable bonds is 1. The van der Waals surface area contributed by atoms with E-state index >= 15 is 0 Å². The highest BCUT2D eigenvalue weighted by atomic mass is 19.1. The lowest BCUT2D eigenvalue weighted by atomic mass is 10.1. The molecule has 17 heavy (non-hydrogen) atoms. The fourth-order valence-electron chi connectivity index (χ4n) is 1.75. The maximum absolute atomic E-state index is 13.2. The Hall–Kier alpha value is -2.43. The third-order valence-electron chi connectivity index (χ3n) is 2.51. The Balaban J connectivity index is 2.24. The van der Waals surface area contributed by atoms with Crippen molar-refractivity contribution in [1.29, 1.82) is 0 Å². The zero-order chi connectivity index (χ0) is 11.8. The Morgan fingerprint density at radius 3 is 2.94 bits per heavy atom. The minimum absolute atomic E-state index is 0.280. The van der Waals surface area contributed by atoms with E-state index in [1.165, 1.54) is 12.1 Å². The molecule has 0 amide bonds. The molecule has 0 atom stereocenters. The number of nitrogens with two attached hydrogens (primary N) is 1. The van der Waals surface area contributed by atoms with Gasteiger partial charge in [0.05, 0.1) is 24.3 Å². The SMILES string of the molecule is Nc1cnc2c(-c3cccc(F)c3)cnn2c1. The van der Waals surface area contributed by atoms with Crippen LogP contribution in [0.2, 0.25) is 0 Å². The van der Waals surface area contributed by atoms with Gasteiger partial charge in [0, 0.05) is 5.56 Å². The molecule has 0 aliphatic rings. The van der Waals surface area contributed by atoms with E-state index in [-0.39, 0.29) is 5.82 Å². The predicted octanol–water partition coefficient (Wildman–Crippen LogP) is 2.12. The van der Waals surface area contributed by atoms with Crippen LogP contribution in [-0.2, 0) is 0 Å². The van der Waals surface area contributed by atoms with E-state index in [2.05, 4.69) is 10.1 Å². The van der Waals surface area contributed by atoms with Gasteiger partial charge in [0.1, 0.15) is 5.82 Å². The molecule has 0 aliphatic carbocycles. The van der Waals surface area contributed by atoms with E-state index in [1.54, 1.807) is 29.2 Å². The Kier molecular flexibility index (Phi) is 2.04. The summed E-state index contributed by atoms with van der Waals surface area (Å²) < 4.78 is 14.7. The molecule has 84 valence electrons. The van der Waals surface area contributed by atoms with E-state index in [4.69, 9.17) is 5.73 Å². The summed E-state index contributed by atoms with van der Waals surface area (Å²) in [6, 6.07) is 6.33. The second-order valence-corrected chi connectivity index (χ2v) is 3.72. The highest BCUT2D eigenvalue weighted by Gasteiger charge is 2.08. The minimum Gasteiger partial charge on any atom is -0.396 e. The van der Waals surface area contributed by atoms with Gasteiger partial charge in [-0.25, -0.2) is 13.9 Å². The average molecular weight is 228 g/mol. The third-order valence-corrected chi connectivity index (χ3v) is 2.51. The summed E-state index contributed by atoms with van der Waals surface area (Å²) in [5.41, 5.74) is 8.33. The number of aromatic nitrogens is 3. The number of benzene rings is 1. The van der Waals surface area contributed by atoms with Crippen molar-refractivity contribution in [3.8, 4) is 11.1 Å². The summed E-state index contributed by atoms with van der Waals surface area (Å²) in [7, 11) is 0. The molecule has 0 bridgehead atoms. The van der Waals surface area contributed by atoms with Crippen LogP contribution in [0.25, 0.3) is 16.8 Å². The molecule has 2 N–H and O–H groups in total. The third kappa shape index (κ3) is 1.61. The number of hydrogen-bond donors (Lipinski definition) is 1. The van der Waals surface area contributed by atoms with Gasteiger partial charge in [0.25, 0.3) is 0 Å². The Labute approximate surface area is 96.5 Å². The van der Waals surface area contributed by atoms with Crippen LogP contribution in [0.1, 0.15) is 0 Å². The van der Waals surface area contributed by atoms with Gasteiger partial charge in [-0.3, -0.25) is 0 Å². The van der Waals surface area contributed by atoms with Crippen LogP contribution in [0.5, 0.6) is 0 Å². The summed E-state index contributed by atoms with van der Waals surface area (Å²) in [4.78, 5) is 4.20. The number of halogens is 1. The molecule has 0 fully saturated rings. The fraction of sp³-hybridized carbons (Fsp3) is 0. The number of nitrogens with zero attached hydrogens (tertiary/aromatic N) is 3. The number of hydrogen-bond acceptors (Lipinski definition) is 3. The van der Waals surface area contributed by atoms with Crippen molar-refractivity contribution in [1.82, 2.24) is 14.6 Å². The van der Waals surface area contributed by atoms with Gasteiger partial charge in [-0.1, -0.05) is 12.1 Å². The molecule has 3 aromatic rings. The lowest BCUT2D eigenvalue weighted by molar-refractivity contribution is 0.628. The zero-order valence-electron chi connectivity index (χ0n) is 8.84. The predicted molar refractivity (Wildman–Crippen MR) is 62.8 cm³/mol. The first-order valence-corrected chi connectivity index (χ1v) is 5.09. The summed E-state index contributed by atoms with van der Waals surface area (Å²) in [6.45, 7) is 0. The van der Waals surface area contributed by atoms with Gasteiger partial charge in [0.2, 0.25) is 0 Å². The lowest BCUT2D eigenvalue weighted by Gasteiger charge is -1.99. The van der Waals surface area contributed by atoms with Crippen molar-refractivity contribution >= 4 is 11.3 Å². The smallest absolute Gasteiger partial charge is 0.162 e. The van der Waals surface area contributed by atoms with Crippen molar-refractivity contribution in [2.24, 2.45) is 0 Å². The highest BCUT2D eigenvalue weighted by molar-refractivity contribution is 5.77. The van der Waals surface area contributed by atoms with E-state index in [9.17, 15) is 4.39 Å². The second kappa shape index (κ2) is 3.55. The quantitative estimate of drug-likeness (QED) is 0.694. The van der Waals surface area contributed by atoms with Gasteiger partial charge in [-0.05, 0) is 17.7 Å². The number of fused-ring (bicyclic) bond motifs is 1. The molecule has 0 radical (unpaired) electrons. The molecule has 0 saturated carbocycles. The lowest BCUT2D eigenvalue weighted by Crippen LogP contribution is -1.94. The first-order chi connectivity index (χ1) is 8.24. The van der Waals surface area contributed by atoms with Crippen LogP contribution in [0.3, 0.4) is 0 Å². The monoisotopic (exact) mass is 228 g/mol. The molecule has 0 spiro atoms. The van der Waals surface area contributed by atoms with Crippen molar-refractivity contribution in [3.05, 3.63) is 48.7 Å². The summed E-state index contributed by atoms with van der Waals surface area (Å²) >= 11 is 0. The summed E-state index contributed by atoms with van der Waals surface area (Å²) in [5.74, 6) is -0.280. The van der Waals surface area contributed by atoms with Gasteiger partial charge in [0.15, 0.2) is 5.65 Å². The van der Waals surface area contributed by atoms with Crippen LogP contribution in [0, 0.1) is 5.82 Å². The van der Waals surface area contributed by atoms with Crippen LogP contribution < -0.4 is 5.73 Å². The van der Waals surface area contributed by atoms with Gasteiger partial charge in [-0.15, -0.1) is 0 Å². The van der Waals surface area contributed by atoms with Crippen LogP contribution in [0.15, 0.2) is 42.9 Å². The Morgan fingerprint density at radius 1 is 1.24 bits per heavy atom. The summed E-state index contributed by atoms with van der Waals surface area (Å²) in [5, 5.41) is 4.14. The maximum Gasteiger partial charge on any atom is 0.162 e. The number of anilines is 1. The summed E-state index contributed by atoms with van der Waals surface area (Å²) in [6.07, 6.45) is 4.88. The minimum atomic E-state index is -0.280. The van der Waals surface area contributed by atoms with Gasteiger partial charge in [-0.2, -0.15) is 5.10 Å². The molecule has 1 aromatic carbocycles. The average Bonchev–Trinajstić information content (AvgIpc) is 2.71. The van der Waals surface area contributed by atoms with Crippen molar-refractivity contribution in [2.45, 2.75) is 0 Å². The van der Waals surface area contributed by atoms with Crippen LogP contribution in [-0.4, -0.2) is 14.6 Å². The van der Waals surface area contributed by atoms with Crippen LogP contribution >= 0.6 is 0 Å². The normalized spacial score (nSPS) is 10.9. The topological polar surface area (TPSA) is 56.2 Å². The molecule has 0 saturated heterocycles. The molecular weight excluding hydrogens is 219 g/mol. The standard InChI is InChI=1S/C12H9FN4/c13-9-3-1-2-8(4-9)11-6-16-17-7-10(14)5-15-12(11)17/h1-7H,14H2. The Morgan fingerprint density at radius 2 is 2.12 bits per heavy atom. The number of nitrogen functional groups attached to an aromatic ring is 1. The first-order valence-electron chi connectivity index (χ1n) is 5.09. The molecule has 4 nitrogen and oxygen atoms in total. The highest BCUT2D eigenvalue weighted by Crippen LogP contribution is 2.23. The van der Waals surface area contributed by atoms with E-state index in [0.29, 0.717) is 11.3 Å². The second-order valence-electron chi connectivity index (χ2n) is 3.72. The van der Waals surface area contributed by atoms with Crippen molar-refractivity contribution < 1.29 is 4.39 Å². The van der Waals surface area contributed by atoms with Gasteiger partial charge >= 0.3 is 0 Å². The molecule has 5 heteroatoms. The van der Waals surface area contributed by atoms with Crippen LogP contribution in [0.4, 0.5) is 10.1 Å². The maximum atomic E-state index is 13.2. The van der Waals surface area contributed by atoms with Crippen molar-refractivity contribution in [3.63, 3.8) is 0 Å². The largest absolute Gasteiger partial charge is 0.396 e. The van der Waals surface area contributed by atoms with Gasteiger partial charge < -0.3 is 5.73 Å². The van der Waals surface area contributed by atoms with Crippen molar-refractivity contribution in [2.75, 3.05) is 5.73 Å². The van der Waals surface area contributed by atoms with E-state index < -0.39 is 0 Å².